The number of anilines is 1. The third-order valence-electron chi connectivity index (χ3n) is 3.33. The summed E-state index contributed by atoms with van der Waals surface area (Å²) < 4.78 is 47.6. The highest BCUT2D eigenvalue weighted by atomic mass is 32.2. The highest BCUT2D eigenvalue weighted by Gasteiger charge is 2.18. The van der Waals surface area contributed by atoms with Gasteiger partial charge in [-0.2, -0.15) is 5.10 Å². The van der Waals surface area contributed by atoms with Crippen molar-refractivity contribution in [2.75, 3.05) is 17.9 Å². The molecule has 2 aromatic heterocycles. The van der Waals surface area contributed by atoms with E-state index in [4.69, 9.17) is 10.5 Å². The van der Waals surface area contributed by atoms with E-state index in [2.05, 4.69) is 14.8 Å². The van der Waals surface area contributed by atoms with Crippen LogP contribution in [-0.4, -0.2) is 36.3 Å². The lowest BCUT2D eigenvalue weighted by molar-refractivity contribution is 0.328. The molecule has 1 aromatic carbocycles. The number of sulfonamides is 1. The summed E-state index contributed by atoms with van der Waals surface area (Å²) >= 11 is 0. The van der Waals surface area contributed by atoms with Gasteiger partial charge in [-0.25, -0.2) is 22.5 Å². The Morgan fingerprint density at radius 3 is 2.85 bits per heavy atom. The lowest BCUT2D eigenvalue weighted by atomic mass is 10.3. The molecular formula is C16H16FN5O3S. The maximum atomic E-state index is 13.8. The van der Waals surface area contributed by atoms with E-state index in [-0.39, 0.29) is 16.4 Å². The first kappa shape index (κ1) is 17.8. The van der Waals surface area contributed by atoms with E-state index >= 15 is 0 Å². The summed E-state index contributed by atoms with van der Waals surface area (Å²) in [6, 6.07) is 8.94. The number of hydrogen-bond donors (Lipinski definition) is 2. The molecule has 0 saturated heterocycles. The lowest BCUT2D eigenvalue weighted by Crippen LogP contribution is -2.14. The van der Waals surface area contributed by atoms with Crippen molar-refractivity contribution in [1.29, 1.82) is 0 Å². The van der Waals surface area contributed by atoms with E-state index in [1.54, 1.807) is 12.1 Å². The summed E-state index contributed by atoms with van der Waals surface area (Å²) in [5.41, 5.74) is 5.51. The second-order valence-electron chi connectivity index (χ2n) is 5.19. The lowest BCUT2D eigenvalue weighted by Gasteiger charge is -2.08. The second-order valence-corrected chi connectivity index (χ2v) is 6.87. The molecule has 0 aliphatic rings. The number of para-hydroxylation sites is 1. The Balaban J connectivity index is 1.82. The average molecular weight is 377 g/mol. The van der Waals surface area contributed by atoms with E-state index in [0.717, 1.165) is 10.9 Å². The Kier molecular flexibility index (Phi) is 5.14. The van der Waals surface area contributed by atoms with Gasteiger partial charge in [0.15, 0.2) is 0 Å². The molecule has 0 spiro atoms. The number of halogens is 1. The first-order chi connectivity index (χ1) is 12.5. The van der Waals surface area contributed by atoms with Gasteiger partial charge in [0.1, 0.15) is 34.6 Å². The number of aromatic nitrogens is 3. The fraction of sp³-hybridized carbons (Fsp3) is 0.125. The van der Waals surface area contributed by atoms with Crippen molar-refractivity contribution in [3.8, 4) is 11.4 Å². The number of nitrogens with two attached hydrogens (primary N) is 1. The first-order valence-electron chi connectivity index (χ1n) is 7.61. The minimum atomic E-state index is -3.95. The SMILES string of the molecule is NCCOc1ccnc(NS(=O)(=O)c2cnn(-c3ccccc3F)c2)c1. The van der Waals surface area contributed by atoms with Crippen LogP contribution in [0.4, 0.5) is 10.2 Å². The van der Waals surface area contributed by atoms with Crippen LogP contribution in [0.5, 0.6) is 5.75 Å². The molecule has 3 rings (SSSR count). The Hall–Kier alpha value is -2.98. The predicted molar refractivity (Wildman–Crippen MR) is 93.1 cm³/mol. The Bertz CT molecular complexity index is 1010. The van der Waals surface area contributed by atoms with Crippen LogP contribution in [0.1, 0.15) is 0 Å². The zero-order chi connectivity index (χ0) is 18.6. The molecule has 0 saturated carbocycles. The summed E-state index contributed by atoms with van der Waals surface area (Å²) in [4.78, 5) is 3.82. The standard InChI is InChI=1S/C16H16FN5O3S/c17-14-3-1-2-4-15(14)22-11-13(10-20-22)26(23,24)21-16-9-12(5-7-19-16)25-8-6-18/h1-5,7,9-11H,6,8,18H2,(H,19,21). The molecule has 0 radical (unpaired) electrons. The molecule has 0 unspecified atom stereocenters. The number of hydrogen-bond acceptors (Lipinski definition) is 6. The molecule has 0 aliphatic carbocycles. The molecule has 3 aromatic rings. The molecule has 0 amide bonds. The smallest absolute Gasteiger partial charge is 0.266 e. The number of rotatable bonds is 7. The monoisotopic (exact) mass is 377 g/mol. The fourth-order valence-corrected chi connectivity index (χ4v) is 3.07. The van der Waals surface area contributed by atoms with E-state index in [0.29, 0.717) is 18.9 Å². The molecule has 0 atom stereocenters. The van der Waals surface area contributed by atoms with Crippen LogP contribution >= 0.6 is 0 Å². The van der Waals surface area contributed by atoms with Gasteiger partial charge in [-0.05, 0) is 18.2 Å². The van der Waals surface area contributed by atoms with Crippen molar-refractivity contribution >= 4 is 15.8 Å². The highest BCUT2D eigenvalue weighted by Crippen LogP contribution is 2.20. The van der Waals surface area contributed by atoms with Crippen molar-refractivity contribution < 1.29 is 17.5 Å². The summed E-state index contributed by atoms with van der Waals surface area (Å²) in [7, 11) is -3.95. The summed E-state index contributed by atoms with van der Waals surface area (Å²) in [6.07, 6.45) is 3.76. The van der Waals surface area contributed by atoms with Crippen molar-refractivity contribution in [1.82, 2.24) is 14.8 Å². The van der Waals surface area contributed by atoms with Gasteiger partial charge in [-0.3, -0.25) is 4.72 Å². The van der Waals surface area contributed by atoms with E-state index in [1.807, 2.05) is 0 Å². The first-order valence-corrected chi connectivity index (χ1v) is 9.09. The van der Waals surface area contributed by atoms with Crippen LogP contribution < -0.4 is 15.2 Å². The number of pyridine rings is 1. The van der Waals surface area contributed by atoms with Crippen molar-refractivity contribution in [3.63, 3.8) is 0 Å². The zero-order valence-corrected chi connectivity index (χ0v) is 14.4. The quantitative estimate of drug-likeness (QED) is 0.646. The average Bonchev–Trinajstić information content (AvgIpc) is 3.11. The van der Waals surface area contributed by atoms with Gasteiger partial charge in [0.25, 0.3) is 10.0 Å². The highest BCUT2D eigenvalue weighted by molar-refractivity contribution is 7.92. The number of ether oxygens (including phenoxy) is 1. The van der Waals surface area contributed by atoms with Gasteiger partial charge >= 0.3 is 0 Å². The molecule has 8 nitrogen and oxygen atoms in total. The Labute approximate surface area is 149 Å². The van der Waals surface area contributed by atoms with E-state index in [9.17, 15) is 12.8 Å². The molecule has 136 valence electrons. The van der Waals surface area contributed by atoms with Gasteiger partial charge in [-0.1, -0.05) is 12.1 Å². The van der Waals surface area contributed by atoms with Crippen LogP contribution in [-0.2, 0) is 10.0 Å². The molecule has 0 fully saturated rings. The number of nitrogens with one attached hydrogen (secondary N) is 1. The van der Waals surface area contributed by atoms with Crippen LogP contribution in [0.25, 0.3) is 5.69 Å². The molecule has 0 bridgehead atoms. The molecule has 26 heavy (non-hydrogen) atoms. The van der Waals surface area contributed by atoms with Crippen LogP contribution in [0, 0.1) is 5.82 Å². The minimum Gasteiger partial charge on any atom is -0.492 e. The summed E-state index contributed by atoms with van der Waals surface area (Å²) in [5, 5.41) is 3.91. The molecule has 3 N–H and O–H groups in total. The summed E-state index contributed by atoms with van der Waals surface area (Å²) in [5.74, 6) is 0.00212. The van der Waals surface area contributed by atoms with Gasteiger partial charge in [0.2, 0.25) is 0 Å². The van der Waals surface area contributed by atoms with E-state index < -0.39 is 15.8 Å². The third kappa shape index (κ3) is 3.98. The van der Waals surface area contributed by atoms with Gasteiger partial charge in [0, 0.05) is 18.8 Å². The largest absolute Gasteiger partial charge is 0.492 e. The Morgan fingerprint density at radius 2 is 2.08 bits per heavy atom. The van der Waals surface area contributed by atoms with Crippen molar-refractivity contribution in [2.45, 2.75) is 4.90 Å². The molecular weight excluding hydrogens is 361 g/mol. The Morgan fingerprint density at radius 1 is 1.27 bits per heavy atom. The van der Waals surface area contributed by atoms with Gasteiger partial charge in [-0.15, -0.1) is 0 Å². The van der Waals surface area contributed by atoms with Crippen LogP contribution in [0.2, 0.25) is 0 Å². The second kappa shape index (κ2) is 7.50. The zero-order valence-electron chi connectivity index (χ0n) is 13.5. The van der Waals surface area contributed by atoms with Crippen LogP contribution in [0.3, 0.4) is 0 Å². The molecule has 0 aliphatic heterocycles. The van der Waals surface area contributed by atoms with E-state index in [1.165, 1.54) is 36.7 Å². The topological polar surface area (TPSA) is 112 Å². The van der Waals surface area contributed by atoms with Crippen molar-refractivity contribution in [2.24, 2.45) is 5.73 Å². The molecule has 2 heterocycles. The maximum Gasteiger partial charge on any atom is 0.266 e. The van der Waals surface area contributed by atoms with Gasteiger partial charge in [0.05, 0.1) is 12.4 Å². The normalized spacial score (nSPS) is 11.3. The predicted octanol–water partition coefficient (Wildman–Crippen LogP) is 1.54. The van der Waals surface area contributed by atoms with Crippen LogP contribution in [0.15, 0.2) is 59.9 Å². The third-order valence-corrected chi connectivity index (χ3v) is 4.63. The van der Waals surface area contributed by atoms with Crippen molar-refractivity contribution in [3.05, 3.63) is 60.8 Å². The fourth-order valence-electron chi connectivity index (χ4n) is 2.14. The maximum absolute atomic E-state index is 13.8. The minimum absolute atomic E-state index is 0.0816. The van der Waals surface area contributed by atoms with Gasteiger partial charge < -0.3 is 10.5 Å². The number of nitrogens with zero attached hydrogens (tertiary/aromatic N) is 3. The molecule has 10 heteroatoms. The number of benzene rings is 1. The summed E-state index contributed by atoms with van der Waals surface area (Å²) in [6.45, 7) is 0.629.